The van der Waals surface area contributed by atoms with Crippen LogP contribution in [0.5, 0.6) is 5.75 Å². The SMILES string of the molecule is CCN[C@H]1CCCC[C@@H]1Oc1cc(F)c(S(=O)(=O)Cc2nccs2)cc1Cl.CN(C1CNC1)[C@H]1CCCC[C@@H]1Nc1cc(F)c(S(=O)(=O)Cc2nccs2)cc1Cl.CN(CCO)[C@H]1CCCC[C@@H]1Nc1cc(F)c(S(=O)(=O)Cc2nccs2)cc1Cl.CN1CC(N(C)[C@H]2CCCC[C@@H]2Nc2cc(F)c(S(=O)(=O)Cc3nccs3)cc2Cl)C1.Cc1cnc(CS(=O)(=O)c2cc(Cl)c(N[C@H]3CCCC[C@@H]3N(C)C)cc2F)s1. The summed E-state index contributed by atoms with van der Waals surface area (Å²) in [4.78, 5) is 30.3. The third kappa shape index (κ3) is 31.3. The highest BCUT2D eigenvalue weighted by Gasteiger charge is 2.41. The van der Waals surface area contributed by atoms with Gasteiger partial charge in [0.05, 0.1) is 54.5 Å². The lowest BCUT2D eigenvalue weighted by Crippen LogP contribution is -2.62. The first-order valence-corrected chi connectivity index (χ1v) is 62.8. The van der Waals surface area contributed by atoms with Crippen molar-refractivity contribution in [3.05, 3.63) is 197 Å². The Hall–Kier alpha value is -6.22. The Morgan fingerprint density at radius 3 is 1.06 bits per heavy atom. The fraction of sp³-hybridized carbons (Fsp3) is 0.536. The number of rotatable bonds is 35. The van der Waals surface area contributed by atoms with Gasteiger partial charge in [-0.2, -0.15) is 0 Å². The highest BCUT2D eigenvalue weighted by molar-refractivity contribution is 7.92. The minimum absolute atomic E-state index is 0.0370. The molecule has 2 saturated heterocycles. The first-order chi connectivity index (χ1) is 69.0. The van der Waals surface area contributed by atoms with E-state index in [0.29, 0.717) is 84.5 Å². The number of sulfone groups is 5. The zero-order valence-corrected chi connectivity index (χ0v) is 93.7. The van der Waals surface area contributed by atoms with Gasteiger partial charge in [0.2, 0.25) is 0 Å². The van der Waals surface area contributed by atoms with Gasteiger partial charge in [-0.3, -0.25) is 14.7 Å². The van der Waals surface area contributed by atoms with Crippen molar-refractivity contribution in [2.75, 3.05) is 109 Å². The minimum atomic E-state index is -3.89. The van der Waals surface area contributed by atoms with Crippen molar-refractivity contribution < 1.29 is 73.9 Å². The molecule has 48 heteroatoms. The first-order valence-electron chi connectivity index (χ1n) is 48.3. The molecule has 10 atom stereocenters. The molecule has 0 radical (unpaired) electrons. The van der Waals surface area contributed by atoms with Gasteiger partial charge in [-0.05, 0) is 181 Å². The molecular weight excluding hydrogens is 2170 g/mol. The number of likely N-dealkylation sites (N-methyl/N-ethyl adjacent to an activating group) is 6. The first kappa shape index (κ1) is 116. The summed E-state index contributed by atoms with van der Waals surface area (Å²) in [5.74, 6) is -5.61. The number of nitrogens with one attached hydrogen (secondary N) is 6. The third-order valence-electron chi connectivity index (χ3n) is 27.3. The summed E-state index contributed by atoms with van der Waals surface area (Å²) in [7, 11) is -6.95. The molecular formula is C97H126Cl5F5N16O12S10. The summed E-state index contributed by atoms with van der Waals surface area (Å²) < 4.78 is 206. The second-order valence-electron chi connectivity index (χ2n) is 37.8. The van der Waals surface area contributed by atoms with Gasteiger partial charge in [-0.25, -0.2) is 89.0 Å². The molecule has 0 unspecified atom stereocenters. The molecule has 10 aromatic rings. The number of aryl methyl sites for hydroxylation is 1. The molecule has 0 bridgehead atoms. The highest BCUT2D eigenvalue weighted by atomic mass is 35.5. The van der Waals surface area contributed by atoms with Crippen molar-refractivity contribution in [2.24, 2.45) is 0 Å². The Balaban J connectivity index is 0.000000152. The summed E-state index contributed by atoms with van der Waals surface area (Å²) in [6.07, 6.45) is 28.5. The Kier molecular flexibility index (Phi) is 42.3. The Labute approximate surface area is 893 Å². The number of benzene rings is 5. The van der Waals surface area contributed by atoms with Crippen molar-refractivity contribution in [3.63, 3.8) is 0 Å². The average molecular weight is 2300 g/mol. The summed E-state index contributed by atoms with van der Waals surface area (Å²) in [6.45, 7) is 9.40. The lowest BCUT2D eigenvalue weighted by molar-refractivity contribution is 0.0269. The maximum atomic E-state index is 14.9. The van der Waals surface area contributed by atoms with Crippen LogP contribution in [0.3, 0.4) is 0 Å². The van der Waals surface area contributed by atoms with Crippen molar-refractivity contribution in [3.8, 4) is 5.75 Å². The number of halogens is 10. The van der Waals surface area contributed by atoms with Crippen LogP contribution in [-0.4, -0.2) is 257 Å². The predicted molar refractivity (Wildman–Crippen MR) is 573 cm³/mol. The number of anilines is 4. The van der Waals surface area contributed by atoms with Gasteiger partial charge in [-0.1, -0.05) is 123 Å². The molecule has 145 heavy (non-hydrogen) atoms. The Morgan fingerprint density at radius 1 is 0.421 bits per heavy atom. The summed E-state index contributed by atoms with van der Waals surface area (Å²) in [5.41, 5.74) is 1.71. The quantitative estimate of drug-likeness (QED) is 0.0181. The van der Waals surface area contributed by atoms with E-state index in [0.717, 1.165) is 171 Å². The number of thiazole rings is 5. The van der Waals surface area contributed by atoms with Gasteiger partial charge in [0.25, 0.3) is 0 Å². The molecule has 7 N–H and O–H groups in total. The Bertz CT molecular complexity index is 6540. The van der Waals surface area contributed by atoms with Crippen LogP contribution in [0.2, 0.25) is 25.1 Å². The highest BCUT2D eigenvalue weighted by Crippen LogP contribution is 2.42. The normalized spacial score (nSPS) is 21.5. The molecule has 5 saturated carbocycles. The summed E-state index contributed by atoms with van der Waals surface area (Å²) in [5, 5.41) is 39.1. The standard InChI is InChI=1S/C21H28ClFN4O2S2.C20H26ClFN4O2S2.C19H25ClFN3O3S2.C19H25ClFN3O2S2.C18H22ClFN2O3S2/c1-26-11-14(12-26)27(2)19-6-4-3-5-17(19)25-18-10-16(23)20(9-15(18)22)31(28,29)13-21-24-7-8-30-21;1-26(13-10-23-11-13)18-5-3-2-4-16(18)25-17-9-15(22)19(8-14(17)21)30(27,28)12-20-24-6-7-29-20;1-24(7-8-25)17-5-3-2-4-15(17)23-16-11-14(21)18(10-13(16)20)29(26,27)12-19-22-6-9-28-19;1-12-10-22-19(27-12)11-28(25,26)18-8-13(20)16(9-14(18)21)23-15-6-4-5-7-17(15)24(2)3;1-2-21-14-5-3-4-6-15(14)25-16-10-13(20)17(9-12(16)19)27(23,24)11-18-22-7-8-26-18/h7-10,14,17,19,25H,3-6,11-13H2,1-2H3;6-9,13,16,18,23,25H,2-5,10-12H2,1H3;6,9-11,15,17,23,25H,2-5,7-8,12H2,1H3;8-10,15,17,23H,4-7,11H2,1-3H3;7-10,14-15,21H,2-6,11H2,1H3/t17-,19-;16-,18-;2*15-,17-;14-,15-/m00000/s1. The number of aliphatic hydroxyl groups excluding tert-OH is 1. The molecule has 17 rings (SSSR count). The topological polar surface area (TPSA) is 353 Å². The second kappa shape index (κ2) is 52.9. The third-order valence-corrected chi connectivity index (χ3v) is 42.0. The van der Waals surface area contributed by atoms with Crippen molar-refractivity contribution in [2.45, 2.75) is 268 Å². The number of likely N-dealkylation sites (tertiary alicyclic amines) is 1. The Morgan fingerprint density at radius 2 is 0.738 bits per heavy atom. The van der Waals surface area contributed by atoms with E-state index in [-0.39, 0.29) is 123 Å². The van der Waals surface area contributed by atoms with Crippen LogP contribution in [0.25, 0.3) is 0 Å². The van der Waals surface area contributed by atoms with E-state index in [1.807, 2.05) is 35.0 Å². The van der Waals surface area contributed by atoms with Crippen LogP contribution in [0.15, 0.2) is 138 Å². The molecule has 0 spiro atoms. The molecule has 28 nitrogen and oxygen atoms in total. The van der Waals surface area contributed by atoms with E-state index in [2.05, 4.69) is 102 Å². The van der Waals surface area contributed by atoms with Crippen LogP contribution < -0.4 is 36.6 Å². The summed E-state index contributed by atoms with van der Waals surface area (Å²) in [6, 6.07) is 14.7. The molecule has 5 aliphatic carbocycles. The fourth-order valence-electron chi connectivity index (χ4n) is 19.6. The number of ether oxygens (including phenoxy) is 1. The number of nitrogens with zero attached hydrogens (tertiary/aromatic N) is 10. The largest absolute Gasteiger partial charge is 0.487 e. The summed E-state index contributed by atoms with van der Waals surface area (Å²) >= 11 is 37.9. The van der Waals surface area contributed by atoms with Crippen LogP contribution in [-0.2, 0) is 78.0 Å². The predicted octanol–water partition coefficient (Wildman–Crippen LogP) is 19.7. The maximum absolute atomic E-state index is 14.9. The van der Waals surface area contributed by atoms with Crippen molar-refractivity contribution >= 4 is 187 Å². The van der Waals surface area contributed by atoms with Crippen LogP contribution in [0.4, 0.5) is 44.7 Å². The molecule has 7 fully saturated rings. The molecule has 5 aromatic heterocycles. The molecule has 7 aliphatic rings. The van der Waals surface area contributed by atoms with Crippen LogP contribution >= 0.6 is 115 Å². The van der Waals surface area contributed by atoms with Gasteiger partial charge in [0.1, 0.15) is 119 Å². The zero-order chi connectivity index (χ0) is 104. The molecule has 7 heterocycles. The lowest BCUT2D eigenvalue weighted by atomic mass is 9.87. The second-order valence-corrected chi connectivity index (χ2v) is 54.9. The van der Waals surface area contributed by atoms with Gasteiger partial charge in [-0.15, -0.1) is 56.7 Å². The van der Waals surface area contributed by atoms with Gasteiger partial charge in [0.15, 0.2) is 49.2 Å². The van der Waals surface area contributed by atoms with E-state index < -0.39 is 88.1 Å². The van der Waals surface area contributed by atoms with E-state index in [9.17, 15) is 69.1 Å². The zero-order valence-electron chi connectivity index (χ0n) is 81.8. The maximum Gasteiger partial charge on any atom is 0.187 e. The van der Waals surface area contributed by atoms with E-state index >= 15 is 0 Å². The van der Waals surface area contributed by atoms with Gasteiger partial charge >= 0.3 is 0 Å². The van der Waals surface area contributed by atoms with Crippen molar-refractivity contribution in [1.82, 2.24) is 60.1 Å². The van der Waals surface area contributed by atoms with Crippen molar-refractivity contribution in [1.29, 1.82) is 0 Å². The van der Waals surface area contributed by atoms with Gasteiger partial charge < -0.3 is 51.5 Å². The number of aliphatic hydroxyl groups is 1. The van der Waals surface area contributed by atoms with E-state index in [4.69, 9.17) is 62.7 Å². The molecule has 796 valence electrons. The van der Waals surface area contributed by atoms with Gasteiger partial charge in [0, 0.05) is 163 Å². The van der Waals surface area contributed by atoms with E-state index in [1.54, 1.807) is 27.7 Å². The van der Waals surface area contributed by atoms with Crippen LogP contribution in [0, 0.1) is 36.0 Å². The molecule has 0 amide bonds. The van der Waals surface area contributed by atoms with E-state index in [1.165, 1.54) is 137 Å². The molecule has 5 aromatic carbocycles. The number of hydrogen-bond donors (Lipinski definition) is 7. The lowest BCUT2D eigenvalue weighted by Gasteiger charge is -2.48. The average Bonchev–Trinajstić information content (AvgIpc) is 1.65. The molecule has 2 aliphatic heterocycles. The van der Waals surface area contributed by atoms with Crippen LogP contribution in [0.1, 0.15) is 165 Å². The number of hydrogen-bond acceptors (Lipinski definition) is 33. The fourth-order valence-corrected chi connectivity index (χ4v) is 32.9. The number of aromatic nitrogens is 5. The monoisotopic (exact) mass is 2300 g/mol. The smallest absolute Gasteiger partial charge is 0.187 e. The minimum Gasteiger partial charge on any atom is -0.487 e.